The zero-order valence-electron chi connectivity index (χ0n) is 15.9. The Morgan fingerprint density at radius 3 is 2.50 bits per heavy atom. The van der Waals surface area contributed by atoms with Gasteiger partial charge in [-0.3, -0.25) is 9.78 Å². The molecule has 2 heterocycles. The number of rotatable bonds is 6. The molecule has 1 aromatic carbocycles. The van der Waals surface area contributed by atoms with Gasteiger partial charge in [0, 0.05) is 30.2 Å². The highest BCUT2D eigenvalue weighted by Gasteiger charge is 2.32. The lowest BCUT2D eigenvalue weighted by Crippen LogP contribution is -2.28. The summed E-state index contributed by atoms with van der Waals surface area (Å²) in [4.78, 5) is 23.1. The van der Waals surface area contributed by atoms with E-state index in [1.54, 1.807) is 30.5 Å². The van der Waals surface area contributed by atoms with E-state index < -0.39 is 23.7 Å². The largest absolute Gasteiger partial charge is 0.433 e. The fraction of sp³-hybridized carbons (Fsp3) is 0.200. The van der Waals surface area contributed by atoms with Crippen LogP contribution in [0.25, 0.3) is 11.1 Å². The molecule has 0 saturated carbocycles. The summed E-state index contributed by atoms with van der Waals surface area (Å²) in [5.41, 5.74) is 13.2. The van der Waals surface area contributed by atoms with Crippen molar-refractivity contribution in [1.82, 2.24) is 15.0 Å². The van der Waals surface area contributed by atoms with Gasteiger partial charge in [0.15, 0.2) is 0 Å². The summed E-state index contributed by atoms with van der Waals surface area (Å²) in [5, 5.41) is 2.80. The molecular weight excluding hydrogens is 397 g/mol. The van der Waals surface area contributed by atoms with Crippen LogP contribution >= 0.6 is 0 Å². The molecule has 156 valence electrons. The van der Waals surface area contributed by atoms with Gasteiger partial charge in [-0.1, -0.05) is 12.1 Å². The lowest BCUT2D eigenvalue weighted by atomic mass is 10.0. The van der Waals surface area contributed by atoms with Crippen LogP contribution in [-0.2, 0) is 11.0 Å². The number of pyridine rings is 1. The second-order valence-corrected chi connectivity index (χ2v) is 6.64. The number of nitrogens with zero attached hydrogens (tertiary/aromatic N) is 3. The molecule has 1 amide bonds. The molecule has 10 heteroatoms. The number of nitrogens with one attached hydrogen (secondary N) is 1. The predicted octanol–water partition coefficient (Wildman–Crippen LogP) is 3.14. The molecule has 0 aliphatic rings. The molecule has 0 aliphatic carbocycles. The minimum absolute atomic E-state index is 0.0528. The van der Waals surface area contributed by atoms with Gasteiger partial charge in [0.25, 0.3) is 0 Å². The second-order valence-electron chi connectivity index (χ2n) is 6.64. The Morgan fingerprint density at radius 2 is 1.90 bits per heavy atom. The van der Waals surface area contributed by atoms with Crippen LogP contribution in [0.4, 0.5) is 24.8 Å². The molecule has 1 unspecified atom stereocenters. The average Bonchev–Trinajstić information content (AvgIpc) is 2.68. The number of alkyl halides is 3. The van der Waals surface area contributed by atoms with E-state index in [1.807, 2.05) is 13.0 Å². The van der Waals surface area contributed by atoms with Crippen LogP contribution in [0.1, 0.15) is 22.9 Å². The van der Waals surface area contributed by atoms with E-state index in [0.717, 1.165) is 29.0 Å². The number of anilines is 2. The van der Waals surface area contributed by atoms with E-state index in [1.165, 1.54) is 0 Å². The van der Waals surface area contributed by atoms with Crippen molar-refractivity contribution in [3.05, 3.63) is 65.7 Å². The van der Waals surface area contributed by atoms with E-state index >= 15 is 0 Å². The number of aryl methyl sites for hydroxylation is 1. The summed E-state index contributed by atoms with van der Waals surface area (Å²) in [7, 11) is 0. The number of hydrogen-bond acceptors (Lipinski definition) is 6. The molecule has 0 saturated heterocycles. The number of benzene rings is 1. The number of carbonyl (C=O) groups is 1. The zero-order chi connectivity index (χ0) is 21.9. The fourth-order valence-corrected chi connectivity index (χ4v) is 2.89. The maximum atomic E-state index is 12.9. The summed E-state index contributed by atoms with van der Waals surface area (Å²) >= 11 is 0. The molecule has 0 bridgehead atoms. The van der Waals surface area contributed by atoms with Gasteiger partial charge in [0.2, 0.25) is 11.9 Å². The first-order chi connectivity index (χ1) is 14.2. The Morgan fingerprint density at radius 1 is 1.13 bits per heavy atom. The van der Waals surface area contributed by atoms with Crippen LogP contribution in [0.15, 0.2) is 48.8 Å². The van der Waals surface area contributed by atoms with Gasteiger partial charge < -0.3 is 16.8 Å². The average molecular weight is 416 g/mol. The third kappa shape index (κ3) is 4.90. The molecule has 2 aromatic heterocycles. The zero-order valence-corrected chi connectivity index (χ0v) is 15.9. The predicted molar refractivity (Wildman–Crippen MR) is 106 cm³/mol. The Labute approximate surface area is 170 Å². The van der Waals surface area contributed by atoms with Gasteiger partial charge in [0.1, 0.15) is 5.69 Å². The molecule has 1 atom stereocenters. The SMILES string of the molecule is Cc1cc(Nc2nccc(C(F)(F)F)n2)cc(-c2ccc(C(CN)C(N)=O)nc2)c1. The highest BCUT2D eigenvalue weighted by molar-refractivity contribution is 5.82. The quantitative estimate of drug-likeness (QED) is 0.568. The molecule has 0 spiro atoms. The Hall–Kier alpha value is -3.53. The minimum Gasteiger partial charge on any atom is -0.369 e. The van der Waals surface area contributed by atoms with E-state index in [9.17, 15) is 18.0 Å². The summed E-state index contributed by atoms with van der Waals surface area (Å²) in [6, 6.07) is 9.63. The molecule has 3 aromatic rings. The van der Waals surface area contributed by atoms with Crippen molar-refractivity contribution in [3.8, 4) is 11.1 Å². The molecule has 0 radical (unpaired) electrons. The molecule has 3 rings (SSSR count). The highest BCUT2D eigenvalue weighted by Crippen LogP contribution is 2.29. The van der Waals surface area contributed by atoms with Crippen LogP contribution in [0, 0.1) is 6.92 Å². The number of aromatic nitrogens is 3. The van der Waals surface area contributed by atoms with Crippen molar-refractivity contribution in [2.45, 2.75) is 19.0 Å². The number of amides is 1. The first-order valence-corrected chi connectivity index (χ1v) is 8.92. The number of carbonyl (C=O) groups excluding carboxylic acids is 1. The van der Waals surface area contributed by atoms with Crippen molar-refractivity contribution in [2.75, 3.05) is 11.9 Å². The Balaban J connectivity index is 1.88. The first-order valence-electron chi connectivity index (χ1n) is 8.92. The van der Waals surface area contributed by atoms with Crippen LogP contribution < -0.4 is 16.8 Å². The third-order valence-electron chi connectivity index (χ3n) is 4.34. The van der Waals surface area contributed by atoms with Gasteiger partial charge in [-0.15, -0.1) is 0 Å². The molecule has 0 fully saturated rings. The lowest BCUT2D eigenvalue weighted by molar-refractivity contribution is -0.141. The van der Waals surface area contributed by atoms with Crippen LogP contribution in [0.3, 0.4) is 0 Å². The highest BCUT2D eigenvalue weighted by atomic mass is 19.4. The number of primary amides is 1. The summed E-state index contributed by atoms with van der Waals surface area (Å²) < 4.78 is 38.6. The maximum Gasteiger partial charge on any atom is 0.433 e. The van der Waals surface area contributed by atoms with E-state index in [4.69, 9.17) is 11.5 Å². The normalized spacial score (nSPS) is 12.4. The minimum atomic E-state index is -4.56. The van der Waals surface area contributed by atoms with E-state index in [2.05, 4.69) is 20.3 Å². The van der Waals surface area contributed by atoms with Gasteiger partial charge in [-0.25, -0.2) is 9.97 Å². The summed E-state index contributed by atoms with van der Waals surface area (Å²) in [5.74, 6) is -1.39. The Kier molecular flexibility index (Phi) is 5.97. The molecule has 7 nitrogen and oxygen atoms in total. The van der Waals surface area contributed by atoms with Gasteiger partial charge in [-0.2, -0.15) is 13.2 Å². The molecule has 30 heavy (non-hydrogen) atoms. The second kappa shape index (κ2) is 8.46. The van der Waals surface area contributed by atoms with Crippen molar-refractivity contribution >= 4 is 17.5 Å². The number of hydrogen-bond donors (Lipinski definition) is 3. The van der Waals surface area contributed by atoms with Crippen molar-refractivity contribution in [1.29, 1.82) is 0 Å². The molecular formula is C20H19F3N6O. The maximum absolute atomic E-state index is 12.9. The molecule has 0 aliphatic heterocycles. The van der Waals surface area contributed by atoms with E-state index in [0.29, 0.717) is 11.4 Å². The molecule has 5 N–H and O–H groups in total. The van der Waals surface area contributed by atoms with Crippen LogP contribution in [0.5, 0.6) is 0 Å². The van der Waals surface area contributed by atoms with Crippen LogP contribution in [0.2, 0.25) is 0 Å². The van der Waals surface area contributed by atoms with Gasteiger partial charge in [0.05, 0.1) is 11.6 Å². The smallest absolute Gasteiger partial charge is 0.369 e. The summed E-state index contributed by atoms with van der Waals surface area (Å²) in [6.07, 6.45) is -1.93. The van der Waals surface area contributed by atoms with Gasteiger partial charge in [-0.05, 0) is 42.3 Å². The monoisotopic (exact) mass is 416 g/mol. The van der Waals surface area contributed by atoms with Crippen LogP contribution in [-0.4, -0.2) is 27.4 Å². The standard InChI is InChI=1S/C20H19F3N6O/c1-11-6-13(12-2-3-16(27-10-12)15(9-24)18(25)30)8-14(7-11)28-19-26-5-4-17(29-19)20(21,22)23/h2-8,10,15H,9,24H2,1H3,(H2,25,30)(H,26,28,29). The van der Waals surface area contributed by atoms with Crippen molar-refractivity contribution < 1.29 is 18.0 Å². The fourth-order valence-electron chi connectivity index (χ4n) is 2.89. The van der Waals surface area contributed by atoms with Gasteiger partial charge >= 0.3 is 6.18 Å². The number of nitrogens with two attached hydrogens (primary N) is 2. The lowest BCUT2D eigenvalue weighted by Gasteiger charge is -2.12. The summed E-state index contributed by atoms with van der Waals surface area (Å²) in [6.45, 7) is 1.90. The third-order valence-corrected chi connectivity index (χ3v) is 4.34. The number of halogens is 3. The van der Waals surface area contributed by atoms with Crippen molar-refractivity contribution in [2.24, 2.45) is 11.5 Å². The van der Waals surface area contributed by atoms with Crippen molar-refractivity contribution in [3.63, 3.8) is 0 Å². The van der Waals surface area contributed by atoms with E-state index in [-0.39, 0.29) is 12.5 Å². The Bertz CT molecular complexity index is 1050. The topological polar surface area (TPSA) is 120 Å². The first kappa shape index (κ1) is 21.2.